The molecule has 0 nitrogen and oxygen atoms in total. The van der Waals surface area contributed by atoms with E-state index in [0.29, 0.717) is 0 Å². The molecule has 0 fully saturated rings. The van der Waals surface area contributed by atoms with Crippen LogP contribution in [-0.2, 0) is 0 Å². The molecule has 0 heterocycles. The van der Waals surface area contributed by atoms with Gasteiger partial charge in [-0.15, -0.1) is 13.2 Å². The molecule has 0 amide bonds. The molecule has 0 bridgehead atoms. The van der Waals surface area contributed by atoms with Gasteiger partial charge < -0.3 is 0 Å². The van der Waals surface area contributed by atoms with E-state index in [2.05, 4.69) is 60.9 Å². The third-order valence-corrected chi connectivity index (χ3v) is 2.09. The first-order chi connectivity index (χ1) is 9.04. The summed E-state index contributed by atoms with van der Waals surface area (Å²) >= 11 is 0. The fourth-order valence-corrected chi connectivity index (χ4v) is 0.848. The minimum Gasteiger partial charge on any atom is -0.106 e. The Morgan fingerprint density at radius 2 is 1.37 bits per heavy atom. The Morgan fingerprint density at radius 3 is 1.63 bits per heavy atom. The van der Waals surface area contributed by atoms with Gasteiger partial charge in [-0.2, -0.15) is 0 Å². The molecule has 0 saturated carbocycles. The van der Waals surface area contributed by atoms with Crippen LogP contribution in [0.1, 0.15) is 61.3 Å². The van der Waals surface area contributed by atoms with Gasteiger partial charge in [0.05, 0.1) is 0 Å². The highest BCUT2D eigenvalue weighted by atomic mass is 14.0. The molecule has 0 aromatic rings. The maximum Gasteiger partial charge on any atom is -0.0300 e. The quantitative estimate of drug-likeness (QED) is 0.370. The predicted octanol–water partition coefficient (Wildman–Crippen LogP) is 7.28. The van der Waals surface area contributed by atoms with E-state index in [4.69, 9.17) is 0 Å². The van der Waals surface area contributed by atoms with Gasteiger partial charge >= 0.3 is 0 Å². The van der Waals surface area contributed by atoms with Crippen LogP contribution in [0.15, 0.2) is 61.3 Å². The summed E-state index contributed by atoms with van der Waals surface area (Å²) < 4.78 is 0. The van der Waals surface area contributed by atoms with Crippen LogP contribution in [0.5, 0.6) is 0 Å². The Hall–Kier alpha value is -1.30. The summed E-state index contributed by atoms with van der Waals surface area (Å²) in [4.78, 5) is 0. The third kappa shape index (κ3) is 22.4. The van der Waals surface area contributed by atoms with Crippen LogP contribution >= 0.6 is 0 Å². The molecule has 0 saturated heterocycles. The molecule has 0 aromatic heterocycles. The van der Waals surface area contributed by atoms with Crippen LogP contribution in [0, 0.1) is 0 Å². The van der Waals surface area contributed by atoms with E-state index >= 15 is 0 Å². The maximum atomic E-state index is 3.97. The number of rotatable bonds is 4. The molecule has 0 aliphatic carbocycles. The summed E-state index contributed by atoms with van der Waals surface area (Å²) in [6.45, 7) is 28.2. The Bertz CT molecular complexity index is 251. The second kappa shape index (κ2) is 25.5. The van der Waals surface area contributed by atoms with Crippen molar-refractivity contribution in [3.05, 3.63) is 61.3 Å². The first-order valence-electron chi connectivity index (χ1n) is 7.19. The SMILES string of the molecule is C=C.C=C/C=C\C(=C)/C(C)=C(/C)CC.CC.CCC. The van der Waals surface area contributed by atoms with Crippen LogP contribution < -0.4 is 0 Å². The number of hydrogen-bond donors (Lipinski definition) is 0. The van der Waals surface area contributed by atoms with E-state index in [9.17, 15) is 0 Å². The van der Waals surface area contributed by atoms with E-state index in [1.807, 2.05) is 26.0 Å². The summed E-state index contributed by atoms with van der Waals surface area (Å²) in [5.41, 5.74) is 3.76. The summed E-state index contributed by atoms with van der Waals surface area (Å²) in [6, 6.07) is 0. The van der Waals surface area contributed by atoms with Crippen molar-refractivity contribution >= 4 is 0 Å². The van der Waals surface area contributed by atoms with Crippen molar-refractivity contribution in [2.75, 3.05) is 0 Å². The monoisotopic (exact) mass is 264 g/mol. The van der Waals surface area contributed by atoms with Gasteiger partial charge in [-0.1, -0.05) is 78.0 Å². The average molecular weight is 264 g/mol. The highest BCUT2D eigenvalue weighted by Crippen LogP contribution is 2.15. The lowest BCUT2D eigenvalue weighted by Crippen LogP contribution is -1.84. The lowest BCUT2D eigenvalue weighted by molar-refractivity contribution is 1.06. The van der Waals surface area contributed by atoms with Crippen LogP contribution in [0.2, 0.25) is 0 Å². The van der Waals surface area contributed by atoms with Crippen molar-refractivity contribution in [2.45, 2.75) is 61.3 Å². The topological polar surface area (TPSA) is 0 Å². The smallest absolute Gasteiger partial charge is 0.0300 e. The van der Waals surface area contributed by atoms with Gasteiger partial charge in [0.1, 0.15) is 0 Å². The van der Waals surface area contributed by atoms with Crippen LogP contribution in [-0.4, -0.2) is 0 Å². The summed E-state index contributed by atoms with van der Waals surface area (Å²) in [6.07, 6.45) is 8.00. The molecule has 19 heavy (non-hydrogen) atoms. The molecule has 0 heteroatoms. The number of allylic oxidation sites excluding steroid dienone is 6. The standard InChI is InChI=1S/C12H18.C3H8.C2H6.C2H4/c1-6-8-9-11(4)12(5)10(3)7-2;1-3-2;2*1-2/h6,8-9H,1,4,7H2,2-3,5H3;3H2,1-2H3;1-2H3;1-2H2/b9-8-,12-10-;;;. The lowest BCUT2D eigenvalue weighted by Gasteiger charge is -2.04. The van der Waals surface area contributed by atoms with E-state index in [1.54, 1.807) is 6.08 Å². The van der Waals surface area contributed by atoms with Crippen molar-refractivity contribution in [3.63, 3.8) is 0 Å². The zero-order valence-corrected chi connectivity index (χ0v) is 14.5. The molecule has 0 aliphatic rings. The van der Waals surface area contributed by atoms with Gasteiger partial charge in [0.25, 0.3) is 0 Å². The van der Waals surface area contributed by atoms with Crippen molar-refractivity contribution in [1.29, 1.82) is 0 Å². The van der Waals surface area contributed by atoms with E-state index in [1.165, 1.54) is 17.6 Å². The van der Waals surface area contributed by atoms with Gasteiger partial charge in [0, 0.05) is 0 Å². The lowest BCUT2D eigenvalue weighted by atomic mass is 10.0. The average Bonchev–Trinajstić information content (AvgIpc) is 2.48. The fraction of sp³-hybridized carbons (Fsp3) is 0.474. The summed E-state index contributed by atoms with van der Waals surface area (Å²) in [5, 5.41) is 0. The second-order valence-electron chi connectivity index (χ2n) is 3.59. The van der Waals surface area contributed by atoms with E-state index in [-0.39, 0.29) is 0 Å². The zero-order chi connectivity index (χ0) is 16.3. The number of hydrogen-bond acceptors (Lipinski definition) is 0. The molecule has 0 unspecified atom stereocenters. The first kappa shape index (κ1) is 26.3. The molecular weight excluding hydrogens is 228 g/mol. The largest absolute Gasteiger partial charge is 0.106 e. The molecule has 0 rings (SSSR count). The first-order valence-corrected chi connectivity index (χ1v) is 7.19. The molecule has 0 atom stereocenters. The molecule has 0 N–H and O–H groups in total. The van der Waals surface area contributed by atoms with Crippen molar-refractivity contribution in [3.8, 4) is 0 Å². The molecular formula is C19H36. The third-order valence-electron chi connectivity index (χ3n) is 2.09. The highest BCUT2D eigenvalue weighted by molar-refractivity contribution is 5.39. The molecule has 0 spiro atoms. The van der Waals surface area contributed by atoms with Crippen molar-refractivity contribution in [1.82, 2.24) is 0 Å². The molecule has 0 radical (unpaired) electrons. The minimum absolute atomic E-state index is 1.08. The van der Waals surface area contributed by atoms with Crippen molar-refractivity contribution < 1.29 is 0 Å². The Morgan fingerprint density at radius 1 is 1.00 bits per heavy atom. The van der Waals surface area contributed by atoms with E-state index < -0.39 is 0 Å². The normalized spacial score (nSPS) is 9.63. The highest BCUT2D eigenvalue weighted by Gasteiger charge is 1.95. The predicted molar refractivity (Wildman–Crippen MR) is 95.7 cm³/mol. The second-order valence-corrected chi connectivity index (χ2v) is 3.59. The molecule has 0 aromatic carbocycles. The zero-order valence-electron chi connectivity index (χ0n) is 14.5. The Balaban J connectivity index is -0.000000136. The minimum atomic E-state index is 1.08. The summed E-state index contributed by atoms with van der Waals surface area (Å²) in [5.74, 6) is 0. The van der Waals surface area contributed by atoms with Crippen molar-refractivity contribution in [2.24, 2.45) is 0 Å². The van der Waals surface area contributed by atoms with Gasteiger partial charge in [-0.05, 0) is 31.4 Å². The van der Waals surface area contributed by atoms with Gasteiger partial charge in [0.2, 0.25) is 0 Å². The van der Waals surface area contributed by atoms with E-state index in [0.717, 1.165) is 12.0 Å². The fourth-order valence-electron chi connectivity index (χ4n) is 0.848. The molecule has 112 valence electrons. The van der Waals surface area contributed by atoms with Crippen LogP contribution in [0.4, 0.5) is 0 Å². The summed E-state index contributed by atoms with van der Waals surface area (Å²) in [7, 11) is 0. The van der Waals surface area contributed by atoms with Gasteiger partial charge in [0.15, 0.2) is 0 Å². The van der Waals surface area contributed by atoms with Gasteiger partial charge in [-0.3, -0.25) is 0 Å². The van der Waals surface area contributed by atoms with Crippen LogP contribution in [0.3, 0.4) is 0 Å². The maximum absolute atomic E-state index is 3.97. The van der Waals surface area contributed by atoms with Gasteiger partial charge in [-0.25, -0.2) is 0 Å². The van der Waals surface area contributed by atoms with Crippen LogP contribution in [0.25, 0.3) is 0 Å². The Labute approximate surface area is 123 Å². The Kier molecular flexibility index (Phi) is 35.3. The molecule has 0 aliphatic heterocycles.